The summed E-state index contributed by atoms with van der Waals surface area (Å²) in [6, 6.07) is 6.92. The van der Waals surface area contributed by atoms with Gasteiger partial charge in [0.25, 0.3) is 11.7 Å². The van der Waals surface area contributed by atoms with Gasteiger partial charge >= 0.3 is 5.97 Å². The first-order valence-electron chi connectivity index (χ1n) is 24.4. The Kier molecular flexibility index (Phi) is 17.7. The minimum Gasteiger partial charge on any atom is -0.488 e. The number of carbonyl (C=O) groups excluding carboxylic acids is 4. The van der Waals surface area contributed by atoms with Gasteiger partial charge in [0.2, 0.25) is 5.79 Å². The van der Waals surface area contributed by atoms with Crippen LogP contribution in [0.15, 0.2) is 53.8 Å². The number of nitrogens with zero attached hydrogens (tertiary/aromatic N) is 2. The van der Waals surface area contributed by atoms with Crippen LogP contribution in [0.5, 0.6) is 5.75 Å². The lowest BCUT2D eigenvalue weighted by atomic mass is 9.81. The van der Waals surface area contributed by atoms with Crippen LogP contribution in [0.1, 0.15) is 106 Å². The van der Waals surface area contributed by atoms with E-state index in [4.69, 9.17) is 28.4 Å². The Hall–Kier alpha value is -3.96. The maximum absolute atomic E-state index is 14.6. The van der Waals surface area contributed by atoms with E-state index in [2.05, 4.69) is 10.6 Å². The second-order valence-corrected chi connectivity index (χ2v) is 19.9. The number of Topliss-reactive ketones (excluding diaryl/α,β-unsaturated/α-hetero) is 2. The van der Waals surface area contributed by atoms with Crippen LogP contribution >= 0.6 is 0 Å². The Labute approximate surface area is 396 Å². The maximum atomic E-state index is 14.6. The van der Waals surface area contributed by atoms with Crippen LogP contribution in [0.25, 0.3) is 10.9 Å². The lowest BCUT2D eigenvalue weighted by Crippen LogP contribution is -2.64. The van der Waals surface area contributed by atoms with E-state index in [0.717, 1.165) is 23.1 Å². The number of allylic oxidation sites excluding steroid dienone is 2. The number of fused-ring (bicyclic) bond motifs is 4. The summed E-state index contributed by atoms with van der Waals surface area (Å²) in [4.78, 5) is 58.5. The number of rotatable bonds is 8. The molecule has 1 aromatic heterocycles. The number of esters is 1. The van der Waals surface area contributed by atoms with E-state index in [1.807, 2.05) is 58.3 Å². The zero-order valence-electron chi connectivity index (χ0n) is 41.2. The number of aliphatic hydroxyl groups excluding tert-OH is 2. The lowest BCUT2D eigenvalue weighted by molar-refractivity contribution is -0.302. The molecule has 15 unspecified atom stereocenters. The first kappa shape index (κ1) is 52.4. The molecule has 15 atom stereocenters. The van der Waals surface area contributed by atoms with Crippen molar-refractivity contribution in [2.75, 3.05) is 27.9 Å². The number of hydrogen-bond donors (Lipinski definition) is 3. The molecule has 3 fully saturated rings. The number of benzene rings is 1. The Balaban J connectivity index is 1.31. The zero-order valence-corrected chi connectivity index (χ0v) is 41.2. The van der Waals surface area contributed by atoms with Crippen LogP contribution in [0.4, 0.5) is 0 Å². The topological polar surface area (TPSA) is 193 Å². The molecule has 6 rings (SSSR count). The fraction of sp³-hybridized carbons (Fsp3) is 0.692. The Bertz CT molecular complexity index is 2120. The number of piperidine rings is 1. The van der Waals surface area contributed by atoms with E-state index in [-0.39, 0.29) is 56.1 Å². The largest absolute Gasteiger partial charge is 0.488 e. The Morgan fingerprint density at radius 2 is 1.61 bits per heavy atom. The van der Waals surface area contributed by atoms with Crippen LogP contribution < -0.4 is 4.74 Å². The van der Waals surface area contributed by atoms with Gasteiger partial charge < -0.3 is 53.2 Å². The molecule has 15 heteroatoms. The number of ether oxygens (including phenoxy) is 6. The molecule has 372 valence electrons. The third-order valence-corrected chi connectivity index (χ3v) is 15.3. The monoisotopic (exact) mass is 937 g/mol. The zero-order chi connectivity index (χ0) is 48.9. The highest BCUT2D eigenvalue weighted by Gasteiger charge is 2.57. The second kappa shape index (κ2) is 22.6. The van der Waals surface area contributed by atoms with Crippen molar-refractivity contribution in [3.8, 4) is 5.75 Å². The van der Waals surface area contributed by atoms with Crippen molar-refractivity contribution in [1.29, 1.82) is 0 Å². The minimum absolute atomic E-state index is 0.00883. The van der Waals surface area contributed by atoms with E-state index in [9.17, 15) is 34.5 Å². The molecule has 2 aromatic rings. The predicted molar refractivity (Wildman–Crippen MR) is 251 cm³/mol. The molecular weight excluding hydrogens is 861 g/mol. The van der Waals surface area contributed by atoms with Crippen LogP contribution in [0, 0.1) is 29.6 Å². The summed E-state index contributed by atoms with van der Waals surface area (Å²) in [6.45, 7) is 10.7. The summed E-state index contributed by atoms with van der Waals surface area (Å²) in [5.74, 6) is -7.81. The predicted octanol–water partition coefficient (Wildman–Crippen LogP) is 6.02. The third kappa shape index (κ3) is 11.6. The van der Waals surface area contributed by atoms with Crippen molar-refractivity contribution < 1.29 is 62.9 Å². The number of amides is 1. The SMILES string of the molecule is CCC1/C=C(\C)C(O)C(C)CC(OC)C2OC(O)(C(=O)C(=O)N3CCCCC3C(=O)OC(C(C)=CC3CCC(Oc4ccc5c(ccn5C)c4)C(OC)C3)C(C)C(O)CC1=O)C(C)CC2OC. The molecule has 4 heterocycles. The van der Waals surface area contributed by atoms with Gasteiger partial charge in [0.1, 0.15) is 35.9 Å². The molecule has 4 aliphatic rings. The molecule has 3 aliphatic heterocycles. The highest BCUT2D eigenvalue weighted by Crippen LogP contribution is 2.40. The number of aromatic nitrogens is 1. The van der Waals surface area contributed by atoms with Crippen molar-refractivity contribution in [2.24, 2.45) is 36.6 Å². The van der Waals surface area contributed by atoms with Crippen LogP contribution in [0.2, 0.25) is 0 Å². The molecule has 0 spiro atoms. The van der Waals surface area contributed by atoms with Gasteiger partial charge in [-0.1, -0.05) is 39.8 Å². The maximum Gasteiger partial charge on any atom is 0.329 e. The molecule has 1 amide bonds. The van der Waals surface area contributed by atoms with E-state index in [1.165, 1.54) is 19.1 Å². The van der Waals surface area contributed by atoms with E-state index in [1.54, 1.807) is 34.0 Å². The molecular formula is C52H76N2O13. The molecule has 2 bridgehead atoms. The lowest BCUT2D eigenvalue weighted by Gasteiger charge is -2.47. The van der Waals surface area contributed by atoms with Gasteiger partial charge in [0.05, 0.1) is 30.5 Å². The van der Waals surface area contributed by atoms with Crippen molar-refractivity contribution in [1.82, 2.24) is 9.47 Å². The molecule has 15 nitrogen and oxygen atoms in total. The highest BCUT2D eigenvalue weighted by atomic mass is 16.7. The summed E-state index contributed by atoms with van der Waals surface area (Å²) in [7, 11) is 6.63. The quantitative estimate of drug-likeness (QED) is 0.158. The summed E-state index contributed by atoms with van der Waals surface area (Å²) in [5, 5.41) is 36.7. The van der Waals surface area contributed by atoms with Gasteiger partial charge in [0, 0.05) is 76.2 Å². The van der Waals surface area contributed by atoms with Gasteiger partial charge in [-0.15, -0.1) is 0 Å². The number of cyclic esters (lactones) is 1. The summed E-state index contributed by atoms with van der Waals surface area (Å²) >= 11 is 0. The smallest absolute Gasteiger partial charge is 0.329 e. The number of aliphatic hydroxyl groups is 3. The van der Waals surface area contributed by atoms with E-state index in [0.29, 0.717) is 43.3 Å². The molecule has 2 saturated heterocycles. The first-order valence-corrected chi connectivity index (χ1v) is 24.4. The standard InChI is InChI=1S/C52H76N2O13/c1-11-35-23-29(2)46(57)30(3)24-44(63-9)48-45(64-10)25-32(5)52(61,67-48)49(58)50(59)54-20-13-12-14-39(54)51(60)66-47(33(6)40(55)28-41(35)56)31(4)22-34-15-18-42(43(26-34)62-8)65-37-16-17-38-36(27-37)19-21-53(38)7/h16-17,19,21-23,27,30,32-35,39-40,42-48,55,57,61H,11-15,18,20,24-26,28H2,1-10H3/b29-23+,31-22?. The summed E-state index contributed by atoms with van der Waals surface area (Å²) < 4.78 is 38.9. The molecule has 0 radical (unpaired) electrons. The van der Waals surface area contributed by atoms with Gasteiger partial charge in [-0.2, -0.15) is 0 Å². The second-order valence-electron chi connectivity index (χ2n) is 19.9. The molecule has 67 heavy (non-hydrogen) atoms. The van der Waals surface area contributed by atoms with Gasteiger partial charge in [-0.05, 0) is 119 Å². The van der Waals surface area contributed by atoms with Crippen molar-refractivity contribution in [2.45, 2.75) is 166 Å². The Morgan fingerprint density at radius 1 is 0.910 bits per heavy atom. The van der Waals surface area contributed by atoms with E-state index < -0.39 is 89.8 Å². The summed E-state index contributed by atoms with van der Waals surface area (Å²) in [5.41, 5.74) is 2.33. The molecule has 1 saturated carbocycles. The summed E-state index contributed by atoms with van der Waals surface area (Å²) in [6.07, 6.45) is 3.56. The average molecular weight is 937 g/mol. The van der Waals surface area contributed by atoms with Crippen LogP contribution in [-0.2, 0) is 49.9 Å². The molecule has 1 aliphatic carbocycles. The number of methoxy groups -OCH3 is 3. The first-order chi connectivity index (χ1) is 31.8. The van der Waals surface area contributed by atoms with Crippen molar-refractivity contribution >= 4 is 34.3 Å². The highest BCUT2D eigenvalue weighted by molar-refractivity contribution is 6.39. The number of hydrogen-bond acceptors (Lipinski definition) is 13. The van der Waals surface area contributed by atoms with Gasteiger partial charge in [-0.25, -0.2) is 4.79 Å². The fourth-order valence-electron chi connectivity index (χ4n) is 10.9. The van der Waals surface area contributed by atoms with Gasteiger partial charge in [0.15, 0.2) is 0 Å². The van der Waals surface area contributed by atoms with E-state index >= 15 is 0 Å². The normalized spacial score (nSPS) is 37.8. The fourth-order valence-corrected chi connectivity index (χ4v) is 10.9. The molecule has 1 aromatic carbocycles. The molecule has 3 N–H and O–H groups in total. The average Bonchev–Trinajstić information content (AvgIpc) is 3.70. The number of ketones is 2. The third-order valence-electron chi connectivity index (χ3n) is 15.3. The van der Waals surface area contributed by atoms with Crippen LogP contribution in [-0.4, -0.2) is 137 Å². The number of carbonyl (C=O) groups is 4. The van der Waals surface area contributed by atoms with Crippen LogP contribution in [0.3, 0.4) is 0 Å². The van der Waals surface area contributed by atoms with Crippen molar-refractivity contribution in [3.05, 3.63) is 53.8 Å². The van der Waals surface area contributed by atoms with Gasteiger partial charge in [-0.3, -0.25) is 14.4 Å². The number of aryl methyl sites for hydroxylation is 1. The Morgan fingerprint density at radius 3 is 2.30 bits per heavy atom. The van der Waals surface area contributed by atoms with Crippen molar-refractivity contribution in [3.63, 3.8) is 0 Å². The minimum atomic E-state index is -2.58.